The molecule has 9 aromatic carbocycles. The highest BCUT2D eigenvalue weighted by molar-refractivity contribution is 5.93. The van der Waals surface area contributed by atoms with Gasteiger partial charge in [0.15, 0.2) is 0 Å². The van der Waals surface area contributed by atoms with Gasteiger partial charge < -0.3 is 9.64 Å². The molecular weight excluding hydrogens is 799 g/mol. The summed E-state index contributed by atoms with van der Waals surface area (Å²) >= 11 is 0. The van der Waals surface area contributed by atoms with Gasteiger partial charge in [-0.15, -0.1) is 0 Å². The Balaban J connectivity index is 1.03. The predicted octanol–water partition coefficient (Wildman–Crippen LogP) is 16.6. The molecule has 1 aliphatic heterocycles. The Morgan fingerprint density at radius 2 is 0.712 bits per heavy atom. The molecule has 0 unspecified atom stereocenters. The van der Waals surface area contributed by atoms with Crippen LogP contribution >= 0.6 is 0 Å². The van der Waals surface area contributed by atoms with Gasteiger partial charge in [0.1, 0.15) is 11.5 Å². The minimum absolute atomic E-state index is 0.136. The summed E-state index contributed by atoms with van der Waals surface area (Å²) < 4.78 is 7.25. The van der Waals surface area contributed by atoms with Crippen molar-refractivity contribution >= 4 is 17.1 Å². The third kappa shape index (κ3) is 5.08. The fourth-order valence-corrected chi connectivity index (χ4v) is 12.7. The predicted molar refractivity (Wildman–Crippen MR) is 272 cm³/mol. The van der Waals surface area contributed by atoms with E-state index in [1.54, 1.807) is 0 Å². The molecule has 1 heterocycles. The lowest BCUT2D eigenvalue weighted by Gasteiger charge is -2.42. The minimum Gasteiger partial charge on any atom is -0.456 e. The van der Waals surface area contributed by atoms with Crippen LogP contribution in [0.25, 0.3) is 33.4 Å². The molecule has 0 saturated heterocycles. The number of nitrogens with zero attached hydrogens (tertiary/aromatic N) is 1. The summed E-state index contributed by atoms with van der Waals surface area (Å²) in [7, 11) is 0. The van der Waals surface area contributed by atoms with Crippen LogP contribution < -0.4 is 9.64 Å². The molecule has 0 atom stereocenters. The van der Waals surface area contributed by atoms with Crippen molar-refractivity contribution in [2.75, 3.05) is 4.90 Å². The van der Waals surface area contributed by atoms with Crippen LogP contribution in [0.2, 0.25) is 0 Å². The van der Waals surface area contributed by atoms with Gasteiger partial charge in [-0.1, -0.05) is 199 Å². The van der Waals surface area contributed by atoms with Gasteiger partial charge >= 0.3 is 0 Å². The van der Waals surface area contributed by atoms with E-state index in [1.807, 2.05) is 0 Å². The molecule has 0 bridgehead atoms. The molecule has 318 valence electrons. The van der Waals surface area contributed by atoms with Gasteiger partial charge in [-0.05, 0) is 115 Å². The molecule has 3 aliphatic carbocycles. The molecule has 9 aromatic rings. The summed E-state index contributed by atoms with van der Waals surface area (Å²) in [4.78, 5) is 2.51. The van der Waals surface area contributed by atoms with Crippen molar-refractivity contribution in [3.63, 3.8) is 0 Å². The molecule has 0 spiro atoms. The van der Waals surface area contributed by atoms with Crippen molar-refractivity contribution in [2.45, 2.75) is 63.2 Å². The second kappa shape index (κ2) is 13.6. The van der Waals surface area contributed by atoms with E-state index in [-0.39, 0.29) is 16.2 Å². The highest BCUT2D eigenvalue weighted by Gasteiger charge is 2.49. The number of hydrogen-bond acceptors (Lipinski definition) is 2. The smallest absolute Gasteiger partial charge is 0.140 e. The van der Waals surface area contributed by atoms with Crippen LogP contribution in [0.4, 0.5) is 17.1 Å². The van der Waals surface area contributed by atoms with Crippen LogP contribution in [-0.4, -0.2) is 0 Å². The second-order valence-corrected chi connectivity index (χ2v) is 20.4. The number of benzene rings is 9. The first-order chi connectivity index (χ1) is 32.0. The molecule has 2 nitrogen and oxygen atoms in total. The molecule has 0 fully saturated rings. The molecule has 0 aromatic heterocycles. The standard InChI is InChI=1S/C64H51NO/c1-61(2)50-25-15-13-23-45(50)47-32-29-42(37-55(47)61)65(43-30-33-48-46-24-14-16-26-51(46)62(3,4)56(48)38-43)44-31-34-49-57(39-44)63(5,6)53-35-36-54-60(59(49)53)66-58-28-18-17-27-52(58)64(54,40-19-9-7-10-20-40)41-21-11-8-12-22-41/h7-39H,1-6H3. The maximum Gasteiger partial charge on any atom is 0.140 e. The van der Waals surface area contributed by atoms with Crippen LogP contribution in [0.15, 0.2) is 200 Å². The number of ether oxygens (including phenoxy) is 1. The SMILES string of the molecule is CC1(C)c2ccccc2-c2ccc(N(c3ccc4c(c3)C(C)(C)c3ccccc3-4)c3ccc4c(c3)C(C)(C)c3ccc5c(c3-4)Oc3ccccc3C5(c3ccccc3)c3ccccc3)cc21. The van der Waals surface area contributed by atoms with Crippen LogP contribution in [0.5, 0.6) is 11.5 Å². The van der Waals surface area contributed by atoms with Crippen molar-refractivity contribution in [1.82, 2.24) is 0 Å². The van der Waals surface area contributed by atoms with Crippen molar-refractivity contribution in [1.29, 1.82) is 0 Å². The van der Waals surface area contributed by atoms with Crippen molar-refractivity contribution in [3.8, 4) is 44.9 Å². The number of hydrogen-bond donors (Lipinski definition) is 0. The summed E-state index contributed by atoms with van der Waals surface area (Å²) in [5.74, 6) is 1.83. The quantitative estimate of drug-likeness (QED) is 0.171. The number of fused-ring (bicyclic) bond motifs is 12. The summed E-state index contributed by atoms with van der Waals surface area (Å²) in [6, 6.07) is 74.8. The lowest BCUT2D eigenvalue weighted by molar-refractivity contribution is 0.435. The number of rotatable bonds is 5. The minimum atomic E-state index is -0.590. The van der Waals surface area contributed by atoms with Gasteiger partial charge in [0.2, 0.25) is 0 Å². The number of para-hydroxylation sites is 1. The Kier molecular flexibility index (Phi) is 8.01. The topological polar surface area (TPSA) is 12.5 Å². The Labute approximate surface area is 388 Å². The van der Waals surface area contributed by atoms with Gasteiger partial charge in [0.25, 0.3) is 0 Å². The molecule has 0 N–H and O–H groups in total. The van der Waals surface area contributed by atoms with Crippen molar-refractivity contribution < 1.29 is 4.74 Å². The lowest BCUT2D eigenvalue weighted by atomic mass is 9.63. The largest absolute Gasteiger partial charge is 0.456 e. The number of anilines is 3. The average Bonchev–Trinajstić information content (AvgIpc) is 3.83. The Morgan fingerprint density at radius 1 is 0.318 bits per heavy atom. The maximum atomic E-state index is 7.25. The Bertz CT molecular complexity index is 3340. The molecule has 0 radical (unpaired) electrons. The highest BCUT2D eigenvalue weighted by atomic mass is 16.5. The van der Waals surface area contributed by atoms with Gasteiger partial charge in [0.05, 0.1) is 5.41 Å². The zero-order valence-electron chi connectivity index (χ0n) is 38.4. The Morgan fingerprint density at radius 3 is 1.24 bits per heavy atom. The summed E-state index contributed by atoms with van der Waals surface area (Å²) in [6.07, 6.45) is 0. The first-order valence-corrected chi connectivity index (χ1v) is 23.5. The van der Waals surface area contributed by atoms with Crippen molar-refractivity contribution in [2.24, 2.45) is 0 Å². The molecule has 13 rings (SSSR count). The molecule has 0 amide bonds. The fraction of sp³-hybridized carbons (Fsp3) is 0.156. The van der Waals surface area contributed by atoms with E-state index in [0.29, 0.717) is 0 Å². The van der Waals surface area contributed by atoms with E-state index in [4.69, 9.17) is 4.74 Å². The average molecular weight is 850 g/mol. The summed E-state index contributed by atoms with van der Waals surface area (Å²) in [5, 5.41) is 0. The van der Waals surface area contributed by atoms with E-state index in [1.165, 1.54) is 77.9 Å². The first kappa shape index (κ1) is 39.0. The summed E-state index contributed by atoms with van der Waals surface area (Å²) in [6.45, 7) is 14.3. The third-order valence-corrected chi connectivity index (χ3v) is 16.0. The third-order valence-electron chi connectivity index (χ3n) is 16.0. The highest BCUT2D eigenvalue weighted by Crippen LogP contribution is 2.62. The zero-order chi connectivity index (χ0) is 44.7. The zero-order valence-corrected chi connectivity index (χ0v) is 38.4. The van der Waals surface area contributed by atoms with Gasteiger partial charge in [-0.3, -0.25) is 0 Å². The normalized spacial score (nSPS) is 16.3. The van der Waals surface area contributed by atoms with Gasteiger partial charge in [-0.2, -0.15) is 0 Å². The lowest BCUT2D eigenvalue weighted by Crippen LogP contribution is -2.34. The van der Waals surface area contributed by atoms with E-state index in [0.717, 1.165) is 39.7 Å². The summed E-state index contributed by atoms with van der Waals surface area (Å²) in [5.41, 5.74) is 22.8. The monoisotopic (exact) mass is 849 g/mol. The molecule has 66 heavy (non-hydrogen) atoms. The van der Waals surface area contributed by atoms with Crippen LogP contribution in [0, 0.1) is 0 Å². The van der Waals surface area contributed by atoms with Gasteiger partial charge in [-0.25, -0.2) is 0 Å². The van der Waals surface area contributed by atoms with E-state index in [2.05, 4.69) is 247 Å². The maximum absolute atomic E-state index is 7.25. The molecule has 4 aliphatic rings. The second-order valence-electron chi connectivity index (χ2n) is 20.4. The van der Waals surface area contributed by atoms with Crippen LogP contribution in [0.3, 0.4) is 0 Å². The van der Waals surface area contributed by atoms with E-state index >= 15 is 0 Å². The van der Waals surface area contributed by atoms with Crippen LogP contribution in [-0.2, 0) is 21.7 Å². The van der Waals surface area contributed by atoms with E-state index in [9.17, 15) is 0 Å². The molecular formula is C64H51NO. The van der Waals surface area contributed by atoms with Crippen LogP contribution in [0.1, 0.15) is 97.2 Å². The first-order valence-electron chi connectivity index (χ1n) is 23.5. The molecule has 2 heteroatoms. The molecule has 0 saturated carbocycles. The van der Waals surface area contributed by atoms with E-state index < -0.39 is 5.41 Å². The van der Waals surface area contributed by atoms with Gasteiger partial charge in [0, 0.05) is 50.0 Å². The van der Waals surface area contributed by atoms with Crippen molar-refractivity contribution in [3.05, 3.63) is 256 Å². The fourth-order valence-electron chi connectivity index (χ4n) is 12.7. The Hall–Kier alpha value is -7.42.